The SMILES string of the molecule is Cc1ccc(C2=NOC(C)(C(=O)O)C2C)cc1-c1ccc(NC(=O)c2c(F)cccc2F)cc1. The highest BCUT2D eigenvalue weighted by Gasteiger charge is 2.49. The van der Waals surface area contributed by atoms with E-state index in [9.17, 15) is 23.5 Å². The van der Waals surface area contributed by atoms with Crippen LogP contribution in [0.25, 0.3) is 11.1 Å². The Bertz CT molecular complexity index is 1300. The van der Waals surface area contributed by atoms with Crippen LogP contribution in [0.15, 0.2) is 65.8 Å². The summed E-state index contributed by atoms with van der Waals surface area (Å²) in [4.78, 5) is 29.2. The molecule has 0 radical (unpaired) electrons. The number of hydrogen-bond acceptors (Lipinski definition) is 4. The summed E-state index contributed by atoms with van der Waals surface area (Å²) in [5.74, 6) is -4.30. The molecule has 2 unspecified atom stereocenters. The molecule has 1 heterocycles. The first-order valence-electron chi connectivity index (χ1n) is 10.6. The number of oxime groups is 1. The number of aliphatic carboxylic acids is 1. The maximum absolute atomic E-state index is 13.9. The van der Waals surface area contributed by atoms with E-state index in [1.807, 2.05) is 25.1 Å². The number of anilines is 1. The minimum absolute atomic E-state index is 0.379. The molecule has 3 aromatic rings. The summed E-state index contributed by atoms with van der Waals surface area (Å²) in [6.07, 6.45) is 0. The second-order valence-corrected chi connectivity index (χ2v) is 8.36. The zero-order valence-electron chi connectivity index (χ0n) is 18.7. The molecule has 0 bridgehead atoms. The fourth-order valence-corrected chi connectivity index (χ4v) is 3.82. The molecular formula is C26H22F2N2O4. The number of carboxylic acids is 1. The van der Waals surface area contributed by atoms with Gasteiger partial charge in [-0.2, -0.15) is 0 Å². The summed E-state index contributed by atoms with van der Waals surface area (Å²) in [7, 11) is 0. The van der Waals surface area contributed by atoms with Gasteiger partial charge in [-0.3, -0.25) is 4.79 Å². The normalized spacial score (nSPS) is 19.3. The highest BCUT2D eigenvalue weighted by molar-refractivity contribution is 6.07. The van der Waals surface area contributed by atoms with Gasteiger partial charge in [0.1, 0.15) is 17.2 Å². The first-order valence-corrected chi connectivity index (χ1v) is 10.6. The maximum atomic E-state index is 13.9. The quantitative estimate of drug-likeness (QED) is 0.529. The highest BCUT2D eigenvalue weighted by atomic mass is 19.1. The van der Waals surface area contributed by atoms with Gasteiger partial charge in [0, 0.05) is 11.3 Å². The molecule has 2 atom stereocenters. The van der Waals surface area contributed by atoms with Crippen molar-refractivity contribution in [2.45, 2.75) is 26.4 Å². The molecule has 2 N–H and O–H groups in total. The molecule has 174 valence electrons. The number of carbonyl (C=O) groups is 2. The average molecular weight is 464 g/mol. The minimum atomic E-state index is -1.43. The zero-order valence-corrected chi connectivity index (χ0v) is 18.7. The molecule has 6 nitrogen and oxygen atoms in total. The third kappa shape index (κ3) is 4.03. The number of amides is 1. The zero-order chi connectivity index (χ0) is 24.6. The Morgan fingerprint density at radius 2 is 1.65 bits per heavy atom. The molecule has 1 aliphatic heterocycles. The van der Waals surface area contributed by atoms with Crippen LogP contribution >= 0.6 is 0 Å². The first-order chi connectivity index (χ1) is 16.1. The van der Waals surface area contributed by atoms with Crippen LogP contribution in [-0.2, 0) is 9.63 Å². The molecule has 34 heavy (non-hydrogen) atoms. The van der Waals surface area contributed by atoms with E-state index in [-0.39, 0.29) is 0 Å². The van der Waals surface area contributed by atoms with Crippen LogP contribution in [0, 0.1) is 24.5 Å². The van der Waals surface area contributed by atoms with Gasteiger partial charge < -0.3 is 15.3 Å². The van der Waals surface area contributed by atoms with Gasteiger partial charge in [-0.05, 0) is 60.9 Å². The third-order valence-electron chi connectivity index (χ3n) is 6.17. The summed E-state index contributed by atoms with van der Waals surface area (Å²) >= 11 is 0. The molecule has 8 heteroatoms. The van der Waals surface area contributed by atoms with E-state index in [1.54, 1.807) is 31.2 Å². The third-order valence-corrected chi connectivity index (χ3v) is 6.17. The van der Waals surface area contributed by atoms with Crippen molar-refractivity contribution in [2.24, 2.45) is 11.1 Å². The number of rotatable bonds is 5. The van der Waals surface area contributed by atoms with E-state index in [2.05, 4.69) is 10.5 Å². The van der Waals surface area contributed by atoms with E-state index >= 15 is 0 Å². The Kier molecular flexibility index (Phi) is 5.91. The number of hydrogen-bond donors (Lipinski definition) is 2. The van der Waals surface area contributed by atoms with Crippen molar-refractivity contribution in [2.75, 3.05) is 5.32 Å². The fourth-order valence-electron chi connectivity index (χ4n) is 3.82. The van der Waals surface area contributed by atoms with E-state index in [0.717, 1.165) is 34.4 Å². The smallest absolute Gasteiger partial charge is 0.351 e. The van der Waals surface area contributed by atoms with Gasteiger partial charge in [-0.1, -0.05) is 42.4 Å². The molecule has 0 aromatic heterocycles. The lowest BCUT2D eigenvalue weighted by Crippen LogP contribution is -2.42. The summed E-state index contributed by atoms with van der Waals surface area (Å²) in [5.41, 5.74) is 2.28. The van der Waals surface area contributed by atoms with Gasteiger partial charge in [0.05, 0.1) is 11.6 Å². The molecule has 0 aliphatic carbocycles. The van der Waals surface area contributed by atoms with Crippen LogP contribution in [0.3, 0.4) is 0 Å². The van der Waals surface area contributed by atoms with E-state index < -0.39 is 40.6 Å². The lowest BCUT2D eigenvalue weighted by atomic mass is 9.84. The molecule has 1 amide bonds. The minimum Gasteiger partial charge on any atom is -0.478 e. The van der Waals surface area contributed by atoms with Crippen LogP contribution in [0.1, 0.15) is 35.3 Å². The molecule has 0 fully saturated rings. The van der Waals surface area contributed by atoms with Gasteiger partial charge in [0.2, 0.25) is 5.60 Å². The Hall–Kier alpha value is -4.07. The Labute approximate surface area is 194 Å². The summed E-state index contributed by atoms with van der Waals surface area (Å²) < 4.78 is 27.7. The Morgan fingerprint density at radius 3 is 2.24 bits per heavy atom. The lowest BCUT2D eigenvalue weighted by Gasteiger charge is -2.21. The number of carbonyl (C=O) groups excluding carboxylic acids is 1. The standard InChI is InChI=1S/C26H22F2N2O4/c1-14-7-8-17(23-15(2)26(3,25(32)33)34-30-23)13-19(14)16-9-11-18(12-10-16)29-24(31)22-20(27)5-4-6-21(22)28/h4-13,15H,1-3H3,(H,29,31)(H,32,33). The van der Waals surface area contributed by atoms with E-state index in [1.165, 1.54) is 13.0 Å². The molecule has 3 aromatic carbocycles. The first kappa shape index (κ1) is 23.1. The van der Waals surface area contributed by atoms with Crippen molar-refractivity contribution >= 4 is 23.3 Å². The van der Waals surface area contributed by atoms with Crippen molar-refractivity contribution in [3.8, 4) is 11.1 Å². The summed E-state index contributed by atoms with van der Waals surface area (Å²) in [5, 5.41) is 16.1. The summed E-state index contributed by atoms with van der Waals surface area (Å²) in [6, 6.07) is 15.7. The predicted molar refractivity (Wildman–Crippen MR) is 124 cm³/mol. The number of nitrogens with zero attached hydrogens (tertiary/aromatic N) is 1. The van der Waals surface area contributed by atoms with Crippen LogP contribution < -0.4 is 5.32 Å². The van der Waals surface area contributed by atoms with Gasteiger partial charge in [-0.15, -0.1) is 0 Å². The van der Waals surface area contributed by atoms with Gasteiger partial charge in [0.25, 0.3) is 5.91 Å². The van der Waals surface area contributed by atoms with E-state index in [4.69, 9.17) is 4.84 Å². The summed E-state index contributed by atoms with van der Waals surface area (Å²) in [6.45, 7) is 5.19. The second-order valence-electron chi connectivity index (χ2n) is 8.36. The Balaban J connectivity index is 1.58. The number of halogens is 2. The molecule has 4 rings (SSSR count). The van der Waals surface area contributed by atoms with Gasteiger partial charge in [0.15, 0.2) is 0 Å². The van der Waals surface area contributed by atoms with E-state index in [0.29, 0.717) is 11.4 Å². The lowest BCUT2D eigenvalue weighted by molar-refractivity contribution is -0.163. The monoisotopic (exact) mass is 464 g/mol. The molecule has 1 aliphatic rings. The molecular weight excluding hydrogens is 442 g/mol. The number of carboxylic acid groups (broad SMARTS) is 1. The Morgan fingerprint density at radius 1 is 1.03 bits per heavy atom. The predicted octanol–water partition coefficient (Wildman–Crippen LogP) is 5.41. The van der Waals surface area contributed by atoms with Crippen LogP contribution in [0.2, 0.25) is 0 Å². The number of nitrogens with one attached hydrogen (secondary N) is 1. The highest BCUT2D eigenvalue weighted by Crippen LogP contribution is 2.34. The van der Waals surface area contributed by atoms with Crippen molar-refractivity contribution in [1.29, 1.82) is 0 Å². The topological polar surface area (TPSA) is 88.0 Å². The second kappa shape index (κ2) is 8.70. The van der Waals surface area contributed by atoms with Crippen LogP contribution in [-0.4, -0.2) is 28.3 Å². The molecule has 0 saturated carbocycles. The fraction of sp³-hybridized carbons (Fsp3) is 0.192. The number of aryl methyl sites for hydroxylation is 1. The van der Waals surface area contributed by atoms with Crippen LogP contribution in [0.4, 0.5) is 14.5 Å². The average Bonchev–Trinajstić information content (AvgIpc) is 3.10. The van der Waals surface area contributed by atoms with Gasteiger partial charge >= 0.3 is 5.97 Å². The van der Waals surface area contributed by atoms with Crippen LogP contribution in [0.5, 0.6) is 0 Å². The maximum Gasteiger partial charge on any atom is 0.351 e. The van der Waals surface area contributed by atoms with Crippen molar-refractivity contribution < 1.29 is 28.3 Å². The van der Waals surface area contributed by atoms with Crippen molar-refractivity contribution in [1.82, 2.24) is 0 Å². The molecule has 0 saturated heterocycles. The largest absolute Gasteiger partial charge is 0.478 e. The van der Waals surface area contributed by atoms with Crippen molar-refractivity contribution in [3.63, 3.8) is 0 Å². The number of benzene rings is 3. The van der Waals surface area contributed by atoms with Gasteiger partial charge in [-0.25, -0.2) is 13.6 Å². The molecule has 0 spiro atoms. The van der Waals surface area contributed by atoms with Crippen molar-refractivity contribution in [3.05, 3.63) is 89.0 Å².